The summed E-state index contributed by atoms with van der Waals surface area (Å²) in [5.41, 5.74) is 1.97. The molecule has 1 aliphatic rings. The monoisotopic (exact) mass is 218 g/mol. The lowest BCUT2D eigenvalue weighted by Crippen LogP contribution is -2.07. The molecular weight excluding hydrogens is 204 g/mol. The molecule has 2 rings (SSSR count). The molecule has 1 N–H and O–H groups in total. The van der Waals surface area contributed by atoms with Gasteiger partial charge in [0.15, 0.2) is 0 Å². The van der Waals surface area contributed by atoms with Crippen LogP contribution in [0.4, 0.5) is 5.82 Å². The lowest BCUT2D eigenvalue weighted by Gasteiger charge is -2.20. The van der Waals surface area contributed by atoms with Crippen LogP contribution in [0.5, 0.6) is 0 Å². The van der Waals surface area contributed by atoms with Crippen LogP contribution in [0.15, 0.2) is 30.4 Å². The Morgan fingerprint density at radius 2 is 2.19 bits per heavy atom. The fourth-order valence-electron chi connectivity index (χ4n) is 1.91. The third-order valence-electron chi connectivity index (χ3n) is 2.64. The summed E-state index contributed by atoms with van der Waals surface area (Å²) in [6, 6.07) is 3.26. The van der Waals surface area contributed by atoms with Crippen LogP contribution in [0.1, 0.15) is 26.0 Å². The molecule has 0 unspecified atom stereocenters. The normalized spacial score (nSPS) is 18.2. The van der Waals surface area contributed by atoms with Crippen molar-refractivity contribution in [3.05, 3.63) is 46.2 Å². The van der Waals surface area contributed by atoms with Gasteiger partial charge in [-0.15, -0.1) is 0 Å². The van der Waals surface area contributed by atoms with Crippen molar-refractivity contribution in [2.45, 2.75) is 20.3 Å². The first-order valence-electron chi connectivity index (χ1n) is 5.21. The van der Waals surface area contributed by atoms with Crippen molar-refractivity contribution in [3.63, 3.8) is 0 Å². The Morgan fingerprint density at radius 1 is 1.44 bits per heavy atom. The van der Waals surface area contributed by atoms with Crippen LogP contribution in [-0.4, -0.2) is 9.91 Å². The van der Waals surface area contributed by atoms with Crippen LogP contribution >= 0.6 is 0 Å². The zero-order chi connectivity index (χ0) is 11.8. The molecule has 0 atom stereocenters. The molecule has 0 spiro atoms. The van der Waals surface area contributed by atoms with E-state index in [1.807, 2.05) is 0 Å². The fraction of sp³-hybridized carbons (Fsp3) is 0.333. The second-order valence-corrected chi connectivity index (χ2v) is 4.61. The number of aromatic amines is 1. The first-order chi connectivity index (χ1) is 7.48. The van der Waals surface area contributed by atoms with Gasteiger partial charge in [0.05, 0.1) is 0 Å². The zero-order valence-corrected chi connectivity index (χ0v) is 9.36. The highest BCUT2D eigenvalue weighted by atomic mass is 16.6. The quantitative estimate of drug-likeness (QED) is 0.470. The summed E-state index contributed by atoms with van der Waals surface area (Å²) in [4.78, 5) is 13.0. The van der Waals surface area contributed by atoms with E-state index in [-0.39, 0.29) is 11.2 Å². The SMILES string of the molecule is CC1(C)C=CCC(c2ccc([N+](=O)[O-])[nH]2)=C1. The van der Waals surface area contributed by atoms with E-state index in [4.69, 9.17) is 0 Å². The number of H-pyrrole nitrogens is 1. The number of nitrogens with zero attached hydrogens (tertiary/aromatic N) is 1. The second-order valence-electron chi connectivity index (χ2n) is 4.61. The van der Waals surface area contributed by atoms with E-state index in [2.05, 4.69) is 37.1 Å². The second kappa shape index (κ2) is 3.63. The first kappa shape index (κ1) is 10.7. The number of nitrogens with one attached hydrogen (secondary N) is 1. The molecule has 0 saturated carbocycles. The van der Waals surface area contributed by atoms with Crippen molar-refractivity contribution < 1.29 is 4.92 Å². The summed E-state index contributed by atoms with van der Waals surface area (Å²) in [6.07, 6.45) is 7.21. The van der Waals surface area contributed by atoms with E-state index in [1.165, 1.54) is 6.07 Å². The van der Waals surface area contributed by atoms with Crippen molar-refractivity contribution in [1.82, 2.24) is 4.98 Å². The van der Waals surface area contributed by atoms with Gasteiger partial charge in [-0.1, -0.05) is 32.1 Å². The fourth-order valence-corrected chi connectivity index (χ4v) is 1.91. The highest BCUT2D eigenvalue weighted by Gasteiger charge is 2.19. The number of hydrogen-bond acceptors (Lipinski definition) is 2. The summed E-state index contributed by atoms with van der Waals surface area (Å²) in [5, 5.41) is 10.6. The van der Waals surface area contributed by atoms with Crippen molar-refractivity contribution in [3.8, 4) is 0 Å². The van der Waals surface area contributed by atoms with Gasteiger partial charge < -0.3 is 10.1 Å². The van der Waals surface area contributed by atoms with Gasteiger partial charge in [-0.3, -0.25) is 0 Å². The average Bonchev–Trinajstić information content (AvgIpc) is 2.64. The maximum atomic E-state index is 10.6. The predicted octanol–water partition coefficient (Wildman–Crippen LogP) is 3.29. The molecule has 16 heavy (non-hydrogen) atoms. The van der Waals surface area contributed by atoms with Crippen LogP contribution in [0.2, 0.25) is 0 Å². The van der Waals surface area contributed by atoms with E-state index in [9.17, 15) is 10.1 Å². The molecule has 0 bridgehead atoms. The molecule has 1 heterocycles. The van der Waals surface area contributed by atoms with Gasteiger partial charge in [-0.2, -0.15) is 0 Å². The highest BCUT2D eigenvalue weighted by Crippen LogP contribution is 2.32. The third-order valence-corrected chi connectivity index (χ3v) is 2.64. The lowest BCUT2D eigenvalue weighted by molar-refractivity contribution is -0.389. The maximum Gasteiger partial charge on any atom is 0.321 e. The largest absolute Gasteiger partial charge is 0.358 e. The van der Waals surface area contributed by atoms with Gasteiger partial charge in [0.1, 0.15) is 5.69 Å². The number of rotatable bonds is 2. The van der Waals surface area contributed by atoms with Crippen LogP contribution in [-0.2, 0) is 0 Å². The Balaban J connectivity index is 2.31. The molecule has 0 saturated heterocycles. The minimum Gasteiger partial charge on any atom is -0.358 e. The molecule has 0 aliphatic heterocycles. The molecule has 0 amide bonds. The third kappa shape index (κ3) is 2.05. The van der Waals surface area contributed by atoms with Crippen molar-refractivity contribution in [1.29, 1.82) is 0 Å². The number of hydrogen-bond donors (Lipinski definition) is 1. The Bertz CT molecular complexity index is 481. The van der Waals surface area contributed by atoms with Crippen LogP contribution < -0.4 is 0 Å². The van der Waals surface area contributed by atoms with Gasteiger partial charge >= 0.3 is 5.82 Å². The summed E-state index contributed by atoms with van der Waals surface area (Å²) in [6.45, 7) is 4.22. The van der Waals surface area contributed by atoms with Crippen molar-refractivity contribution >= 4 is 11.4 Å². The topological polar surface area (TPSA) is 58.9 Å². The van der Waals surface area contributed by atoms with E-state index < -0.39 is 4.92 Å². The summed E-state index contributed by atoms with van der Waals surface area (Å²) in [7, 11) is 0. The molecule has 0 fully saturated rings. The van der Waals surface area contributed by atoms with Crippen LogP contribution in [0.25, 0.3) is 5.57 Å². The van der Waals surface area contributed by atoms with E-state index in [1.54, 1.807) is 6.07 Å². The Labute approximate surface area is 93.8 Å². The lowest BCUT2D eigenvalue weighted by atomic mass is 9.84. The minimum atomic E-state index is -0.409. The smallest absolute Gasteiger partial charge is 0.321 e. The molecule has 4 nitrogen and oxygen atoms in total. The van der Waals surface area contributed by atoms with Crippen molar-refractivity contribution in [2.24, 2.45) is 5.41 Å². The highest BCUT2D eigenvalue weighted by molar-refractivity contribution is 5.67. The van der Waals surface area contributed by atoms with Crippen LogP contribution in [0.3, 0.4) is 0 Å². The van der Waals surface area contributed by atoms with Gasteiger partial charge in [0, 0.05) is 11.5 Å². The first-order valence-corrected chi connectivity index (χ1v) is 5.21. The Morgan fingerprint density at radius 3 is 2.75 bits per heavy atom. The predicted molar refractivity (Wildman–Crippen MR) is 63.0 cm³/mol. The van der Waals surface area contributed by atoms with Crippen LogP contribution in [0, 0.1) is 15.5 Å². The number of allylic oxidation sites excluding steroid dienone is 4. The molecule has 0 aromatic carbocycles. The molecule has 0 radical (unpaired) electrons. The van der Waals surface area contributed by atoms with Gasteiger partial charge in [-0.25, -0.2) is 4.98 Å². The average molecular weight is 218 g/mol. The number of aromatic nitrogens is 1. The molecule has 4 heteroatoms. The van der Waals surface area contributed by atoms with Gasteiger partial charge in [0.25, 0.3) is 0 Å². The molecule has 1 aromatic rings. The molecular formula is C12H14N2O2. The Hall–Kier alpha value is -1.84. The van der Waals surface area contributed by atoms with E-state index in [0.29, 0.717) is 0 Å². The molecule has 1 aliphatic carbocycles. The van der Waals surface area contributed by atoms with E-state index >= 15 is 0 Å². The van der Waals surface area contributed by atoms with Crippen molar-refractivity contribution in [2.75, 3.05) is 0 Å². The minimum absolute atomic E-state index is 0.0213. The van der Waals surface area contributed by atoms with Gasteiger partial charge in [0.2, 0.25) is 0 Å². The molecule has 1 aromatic heterocycles. The maximum absolute atomic E-state index is 10.6. The molecule has 84 valence electrons. The van der Waals surface area contributed by atoms with E-state index in [0.717, 1.165) is 17.7 Å². The zero-order valence-electron chi connectivity index (χ0n) is 9.36. The Kier molecular flexibility index (Phi) is 2.42. The summed E-state index contributed by atoms with van der Waals surface area (Å²) < 4.78 is 0. The summed E-state index contributed by atoms with van der Waals surface area (Å²) in [5.74, 6) is 0.0447. The van der Waals surface area contributed by atoms with Gasteiger partial charge in [-0.05, 0) is 23.0 Å². The standard InChI is InChI=1S/C12H14N2O2/c1-12(2)7-3-4-9(8-12)10-5-6-11(13-10)14(15)16/h3,5-8,13H,4H2,1-2H3. The summed E-state index contributed by atoms with van der Waals surface area (Å²) >= 11 is 0. The number of nitro groups is 1.